The molecule has 1 aromatic rings. The smallest absolute Gasteiger partial charge is 0.314 e. The summed E-state index contributed by atoms with van der Waals surface area (Å²) >= 11 is 3.16. The van der Waals surface area contributed by atoms with Gasteiger partial charge < -0.3 is 10.2 Å². The zero-order valence-electron chi connectivity index (χ0n) is 8.55. The van der Waals surface area contributed by atoms with Crippen LogP contribution in [0.1, 0.15) is 24.0 Å². The van der Waals surface area contributed by atoms with Crippen molar-refractivity contribution >= 4 is 21.9 Å². The van der Waals surface area contributed by atoms with Gasteiger partial charge in [0.2, 0.25) is 0 Å². The Balaban J connectivity index is 2.70. The van der Waals surface area contributed by atoms with Crippen LogP contribution in [0, 0.1) is 12.7 Å². The molecule has 0 aliphatic heterocycles. The van der Waals surface area contributed by atoms with Gasteiger partial charge in [0.15, 0.2) is 11.6 Å². The first-order chi connectivity index (χ1) is 7.40. The molecule has 0 unspecified atom stereocenters. The van der Waals surface area contributed by atoms with E-state index in [0.29, 0.717) is 22.9 Å². The number of hydrogen-bond acceptors (Lipinski definition) is 2. The molecule has 0 spiro atoms. The van der Waals surface area contributed by atoms with Crippen molar-refractivity contribution in [1.29, 1.82) is 0 Å². The van der Waals surface area contributed by atoms with Crippen LogP contribution in [0.15, 0.2) is 10.5 Å². The van der Waals surface area contributed by atoms with Crippen LogP contribution in [0.2, 0.25) is 0 Å². The lowest BCUT2D eigenvalue weighted by Crippen LogP contribution is -2.21. The minimum Gasteiger partial charge on any atom is -0.505 e. The van der Waals surface area contributed by atoms with E-state index in [1.165, 1.54) is 0 Å². The Bertz CT molecular complexity index is 454. The number of benzene rings is 1. The molecule has 0 aromatic heterocycles. The Hall–Kier alpha value is -1.10. The molecule has 1 fully saturated rings. The third kappa shape index (κ3) is 1.42. The largest absolute Gasteiger partial charge is 0.505 e. The fourth-order valence-electron chi connectivity index (χ4n) is 1.99. The number of hydrogen-bond donors (Lipinski definition) is 2. The predicted octanol–water partition coefficient (Wildman–Crippen LogP) is 2.72. The highest BCUT2D eigenvalue weighted by molar-refractivity contribution is 9.10. The quantitative estimate of drug-likeness (QED) is 0.880. The van der Waals surface area contributed by atoms with Gasteiger partial charge >= 0.3 is 5.97 Å². The van der Waals surface area contributed by atoms with Gasteiger partial charge in [-0.15, -0.1) is 0 Å². The van der Waals surface area contributed by atoms with Crippen molar-refractivity contribution < 1.29 is 19.4 Å². The highest BCUT2D eigenvalue weighted by atomic mass is 79.9. The summed E-state index contributed by atoms with van der Waals surface area (Å²) in [5.74, 6) is -2.34. The van der Waals surface area contributed by atoms with E-state index >= 15 is 0 Å². The summed E-state index contributed by atoms with van der Waals surface area (Å²) in [7, 11) is 0. The molecule has 16 heavy (non-hydrogen) atoms. The zero-order chi connectivity index (χ0) is 12.1. The molecule has 2 rings (SSSR count). The summed E-state index contributed by atoms with van der Waals surface area (Å²) < 4.78 is 13.8. The van der Waals surface area contributed by atoms with Crippen molar-refractivity contribution in [3.05, 3.63) is 27.5 Å². The summed E-state index contributed by atoms with van der Waals surface area (Å²) in [6.07, 6.45) is 0.874. The van der Waals surface area contributed by atoms with Crippen molar-refractivity contribution in [3.63, 3.8) is 0 Å². The summed E-state index contributed by atoms with van der Waals surface area (Å²) in [6.45, 7) is 1.67. The Morgan fingerprint density at radius 2 is 2.12 bits per heavy atom. The molecule has 2 N–H and O–H groups in total. The standard InChI is InChI=1S/C11H10BrFO3/c1-5-6(12)4-7(13)9(14)8(5)11(2-3-11)10(15)16/h4,14H,2-3H2,1H3,(H,15,16). The number of aliphatic carboxylic acids is 1. The second kappa shape index (κ2) is 3.45. The Kier molecular flexibility index (Phi) is 2.45. The highest BCUT2D eigenvalue weighted by Gasteiger charge is 2.54. The average Bonchev–Trinajstić information content (AvgIpc) is 2.97. The zero-order valence-corrected chi connectivity index (χ0v) is 10.1. The van der Waals surface area contributed by atoms with Gasteiger partial charge in [-0.05, 0) is 31.4 Å². The molecule has 1 aliphatic carbocycles. The van der Waals surface area contributed by atoms with Crippen molar-refractivity contribution in [1.82, 2.24) is 0 Å². The molecular weight excluding hydrogens is 279 g/mol. The first-order valence-corrected chi connectivity index (χ1v) is 5.61. The maximum atomic E-state index is 13.4. The number of phenolic OH excluding ortho intramolecular Hbond substituents is 1. The maximum Gasteiger partial charge on any atom is 0.314 e. The minimum atomic E-state index is -1.10. The van der Waals surface area contributed by atoms with Crippen LogP contribution < -0.4 is 0 Å². The number of carboxylic acid groups (broad SMARTS) is 1. The molecule has 3 nitrogen and oxygen atoms in total. The first-order valence-electron chi connectivity index (χ1n) is 4.81. The number of phenols is 1. The molecule has 0 atom stereocenters. The average molecular weight is 289 g/mol. The minimum absolute atomic E-state index is 0.201. The van der Waals surface area contributed by atoms with Crippen molar-refractivity contribution in [2.75, 3.05) is 0 Å². The van der Waals surface area contributed by atoms with Crippen LogP contribution in [0.5, 0.6) is 5.75 Å². The Labute approximate surface area is 100 Å². The van der Waals surface area contributed by atoms with E-state index in [1.807, 2.05) is 0 Å². The lowest BCUT2D eigenvalue weighted by Gasteiger charge is -2.17. The fraction of sp³-hybridized carbons (Fsp3) is 0.364. The van der Waals surface area contributed by atoms with E-state index in [9.17, 15) is 14.3 Å². The van der Waals surface area contributed by atoms with Gasteiger partial charge in [-0.1, -0.05) is 15.9 Å². The van der Waals surface area contributed by atoms with Gasteiger partial charge in [0.1, 0.15) is 0 Å². The van der Waals surface area contributed by atoms with E-state index < -0.39 is 23.0 Å². The van der Waals surface area contributed by atoms with Crippen LogP contribution in [0.25, 0.3) is 0 Å². The van der Waals surface area contributed by atoms with E-state index in [-0.39, 0.29) is 5.56 Å². The van der Waals surface area contributed by atoms with Gasteiger partial charge in [0.25, 0.3) is 0 Å². The summed E-state index contributed by atoms with van der Waals surface area (Å²) in [6, 6.07) is 1.14. The molecule has 5 heteroatoms. The summed E-state index contributed by atoms with van der Waals surface area (Å²) in [5.41, 5.74) is -0.315. The number of halogens is 2. The summed E-state index contributed by atoms with van der Waals surface area (Å²) in [5, 5.41) is 18.8. The van der Waals surface area contributed by atoms with Crippen LogP contribution in [-0.4, -0.2) is 16.2 Å². The van der Waals surface area contributed by atoms with Crippen molar-refractivity contribution in [2.24, 2.45) is 0 Å². The Morgan fingerprint density at radius 3 is 2.56 bits per heavy atom. The van der Waals surface area contributed by atoms with E-state index in [2.05, 4.69) is 15.9 Å². The molecule has 0 saturated heterocycles. The van der Waals surface area contributed by atoms with Gasteiger partial charge in [-0.3, -0.25) is 4.79 Å². The molecular formula is C11H10BrFO3. The number of carbonyl (C=O) groups is 1. The van der Waals surface area contributed by atoms with Crippen molar-refractivity contribution in [3.8, 4) is 5.75 Å². The number of carboxylic acids is 1. The van der Waals surface area contributed by atoms with Crippen LogP contribution in [0.4, 0.5) is 4.39 Å². The third-order valence-electron chi connectivity index (χ3n) is 3.09. The van der Waals surface area contributed by atoms with Gasteiger partial charge in [-0.25, -0.2) is 4.39 Å². The van der Waals surface area contributed by atoms with E-state index in [0.717, 1.165) is 6.07 Å². The van der Waals surface area contributed by atoms with Gasteiger partial charge in [0.05, 0.1) is 5.41 Å². The molecule has 0 bridgehead atoms. The molecule has 1 aromatic carbocycles. The predicted molar refractivity (Wildman–Crippen MR) is 59.0 cm³/mol. The second-order valence-corrected chi connectivity index (χ2v) is 4.93. The third-order valence-corrected chi connectivity index (χ3v) is 3.91. The maximum absolute atomic E-state index is 13.4. The van der Waals surface area contributed by atoms with E-state index in [1.54, 1.807) is 6.92 Å². The molecule has 0 radical (unpaired) electrons. The highest BCUT2D eigenvalue weighted by Crippen LogP contribution is 2.54. The molecule has 0 amide bonds. The first kappa shape index (κ1) is 11.4. The van der Waals surface area contributed by atoms with Gasteiger partial charge in [0, 0.05) is 10.0 Å². The SMILES string of the molecule is Cc1c(Br)cc(F)c(O)c1C1(C(=O)O)CC1. The number of aromatic hydroxyl groups is 1. The molecule has 1 saturated carbocycles. The molecule has 86 valence electrons. The normalized spacial score (nSPS) is 17.2. The Morgan fingerprint density at radius 1 is 1.56 bits per heavy atom. The lowest BCUT2D eigenvalue weighted by molar-refractivity contribution is -0.140. The van der Waals surface area contributed by atoms with Crippen LogP contribution in [-0.2, 0) is 10.2 Å². The van der Waals surface area contributed by atoms with Crippen molar-refractivity contribution in [2.45, 2.75) is 25.2 Å². The van der Waals surface area contributed by atoms with Crippen LogP contribution in [0.3, 0.4) is 0 Å². The topological polar surface area (TPSA) is 57.5 Å². The number of rotatable bonds is 2. The summed E-state index contributed by atoms with van der Waals surface area (Å²) in [4.78, 5) is 11.2. The van der Waals surface area contributed by atoms with Crippen LogP contribution >= 0.6 is 15.9 Å². The fourth-order valence-corrected chi connectivity index (χ4v) is 2.38. The monoisotopic (exact) mass is 288 g/mol. The van der Waals surface area contributed by atoms with Gasteiger partial charge in [-0.2, -0.15) is 0 Å². The molecule has 1 aliphatic rings. The lowest BCUT2D eigenvalue weighted by atomic mass is 9.91. The second-order valence-electron chi connectivity index (χ2n) is 4.08. The van der Waals surface area contributed by atoms with E-state index in [4.69, 9.17) is 5.11 Å². The molecule has 0 heterocycles.